The lowest BCUT2D eigenvalue weighted by atomic mass is 10.2. The van der Waals surface area contributed by atoms with Crippen LogP contribution in [-0.2, 0) is 14.9 Å². The number of carbonyl (C=O) groups is 1. The molecule has 0 radical (unpaired) electrons. The molecule has 7 heteroatoms. The molecule has 0 amide bonds. The molecule has 0 bridgehead atoms. The lowest BCUT2D eigenvalue weighted by molar-refractivity contribution is 0.0600. The van der Waals surface area contributed by atoms with Crippen molar-refractivity contribution < 1.29 is 26.9 Å². The van der Waals surface area contributed by atoms with Gasteiger partial charge in [0.15, 0.2) is 11.5 Å². The summed E-state index contributed by atoms with van der Waals surface area (Å²) in [4.78, 5) is 11.5. The molecule has 0 aromatic heterocycles. The first-order valence-electron chi connectivity index (χ1n) is 6.24. The second-order valence-electron chi connectivity index (χ2n) is 4.21. The molecular weight excluding hydrogens is 308 g/mol. The van der Waals surface area contributed by atoms with Crippen LogP contribution in [0.15, 0.2) is 53.4 Å². The highest BCUT2D eigenvalue weighted by Crippen LogP contribution is 2.30. The summed E-state index contributed by atoms with van der Waals surface area (Å²) in [6.07, 6.45) is 0. The fraction of sp³-hybridized carbons (Fsp3) is 0.133. The Hall–Kier alpha value is -2.54. The number of methoxy groups -OCH3 is 2. The van der Waals surface area contributed by atoms with E-state index < -0.39 is 16.1 Å². The Kier molecular flexibility index (Phi) is 4.67. The van der Waals surface area contributed by atoms with E-state index in [2.05, 4.69) is 4.74 Å². The minimum absolute atomic E-state index is 0.0148. The van der Waals surface area contributed by atoms with E-state index in [0.29, 0.717) is 0 Å². The van der Waals surface area contributed by atoms with Crippen LogP contribution in [0.3, 0.4) is 0 Å². The van der Waals surface area contributed by atoms with Gasteiger partial charge in [-0.05, 0) is 30.3 Å². The molecule has 0 heterocycles. The van der Waals surface area contributed by atoms with Crippen molar-refractivity contribution in [2.45, 2.75) is 4.90 Å². The predicted molar refractivity (Wildman–Crippen MR) is 78.6 cm³/mol. The summed E-state index contributed by atoms with van der Waals surface area (Å²) in [5.74, 6) is -0.461. The maximum absolute atomic E-state index is 12.2. The van der Waals surface area contributed by atoms with Crippen LogP contribution in [0.25, 0.3) is 0 Å². The maximum atomic E-state index is 12.2. The van der Waals surface area contributed by atoms with Gasteiger partial charge in [-0.3, -0.25) is 0 Å². The Balaban J connectivity index is 2.36. The standard InChI is InChI=1S/C15H14O6S/c1-19-14-10-11(15(16)20-2)8-9-13(14)21-22(17,18)12-6-4-3-5-7-12/h3-10H,1-2H3. The smallest absolute Gasteiger partial charge is 0.339 e. The molecule has 2 rings (SSSR count). The van der Waals surface area contributed by atoms with Crippen molar-refractivity contribution in [3.63, 3.8) is 0 Å². The van der Waals surface area contributed by atoms with Gasteiger partial charge in [0.2, 0.25) is 0 Å². The fourth-order valence-corrected chi connectivity index (χ4v) is 2.70. The Morgan fingerprint density at radius 3 is 2.23 bits per heavy atom. The average molecular weight is 322 g/mol. The normalized spacial score (nSPS) is 10.8. The van der Waals surface area contributed by atoms with Crippen LogP contribution in [0, 0.1) is 0 Å². The van der Waals surface area contributed by atoms with Crippen molar-refractivity contribution >= 4 is 16.1 Å². The molecule has 0 aliphatic heterocycles. The van der Waals surface area contributed by atoms with Crippen LogP contribution in [0.1, 0.15) is 10.4 Å². The van der Waals surface area contributed by atoms with Gasteiger partial charge in [0.25, 0.3) is 0 Å². The van der Waals surface area contributed by atoms with Crippen molar-refractivity contribution in [1.29, 1.82) is 0 Å². The van der Waals surface area contributed by atoms with Crippen molar-refractivity contribution in [2.24, 2.45) is 0 Å². The average Bonchev–Trinajstić information content (AvgIpc) is 2.55. The van der Waals surface area contributed by atoms with Crippen LogP contribution in [-0.4, -0.2) is 28.6 Å². The molecule has 2 aromatic rings. The number of hydrogen-bond donors (Lipinski definition) is 0. The van der Waals surface area contributed by atoms with Crippen molar-refractivity contribution in [2.75, 3.05) is 14.2 Å². The van der Waals surface area contributed by atoms with Crippen LogP contribution in [0.4, 0.5) is 0 Å². The minimum Gasteiger partial charge on any atom is -0.493 e. The van der Waals surface area contributed by atoms with Gasteiger partial charge in [-0.2, -0.15) is 8.42 Å². The topological polar surface area (TPSA) is 78.9 Å². The Bertz CT molecular complexity index is 768. The van der Waals surface area contributed by atoms with E-state index in [1.807, 2.05) is 0 Å². The lowest BCUT2D eigenvalue weighted by Crippen LogP contribution is -2.11. The highest BCUT2D eigenvalue weighted by molar-refractivity contribution is 7.87. The molecular formula is C15H14O6S. The second kappa shape index (κ2) is 6.48. The van der Waals surface area contributed by atoms with E-state index in [1.165, 1.54) is 44.6 Å². The summed E-state index contributed by atoms with van der Waals surface area (Å²) < 4.78 is 39.1. The van der Waals surface area contributed by atoms with Crippen molar-refractivity contribution in [1.82, 2.24) is 0 Å². The molecule has 0 atom stereocenters. The largest absolute Gasteiger partial charge is 0.493 e. The van der Waals surface area contributed by atoms with E-state index in [4.69, 9.17) is 8.92 Å². The third-order valence-corrected chi connectivity index (χ3v) is 4.06. The molecule has 0 unspecified atom stereocenters. The van der Waals surface area contributed by atoms with Crippen LogP contribution >= 0.6 is 0 Å². The third kappa shape index (κ3) is 3.37. The zero-order chi connectivity index (χ0) is 16.2. The van der Waals surface area contributed by atoms with Gasteiger partial charge >= 0.3 is 16.1 Å². The van der Waals surface area contributed by atoms with Gasteiger partial charge < -0.3 is 13.7 Å². The lowest BCUT2D eigenvalue weighted by Gasteiger charge is -2.11. The molecule has 0 fully saturated rings. The quantitative estimate of drug-likeness (QED) is 0.620. The molecule has 0 saturated heterocycles. The molecule has 6 nitrogen and oxygen atoms in total. The summed E-state index contributed by atoms with van der Waals surface area (Å²) in [6, 6.07) is 11.8. The summed E-state index contributed by atoms with van der Waals surface area (Å²) in [6.45, 7) is 0. The van der Waals surface area contributed by atoms with Gasteiger partial charge in [0.05, 0.1) is 19.8 Å². The second-order valence-corrected chi connectivity index (χ2v) is 5.75. The minimum atomic E-state index is -3.98. The molecule has 0 aliphatic carbocycles. The Morgan fingerprint density at radius 1 is 0.955 bits per heavy atom. The molecule has 0 N–H and O–H groups in total. The van der Waals surface area contributed by atoms with Crippen LogP contribution in [0.5, 0.6) is 11.5 Å². The summed E-state index contributed by atoms with van der Waals surface area (Å²) in [5.41, 5.74) is 0.226. The fourth-order valence-electron chi connectivity index (χ4n) is 1.73. The summed E-state index contributed by atoms with van der Waals surface area (Å²) in [5, 5.41) is 0. The number of esters is 1. The highest BCUT2D eigenvalue weighted by Gasteiger charge is 2.20. The van der Waals surface area contributed by atoms with E-state index in [1.54, 1.807) is 18.2 Å². The van der Waals surface area contributed by atoms with Gasteiger partial charge in [0.1, 0.15) is 4.90 Å². The molecule has 2 aromatic carbocycles. The Labute approximate surface area is 128 Å². The molecule has 0 aliphatic rings. The third-order valence-electron chi connectivity index (χ3n) is 2.82. The maximum Gasteiger partial charge on any atom is 0.339 e. The summed E-state index contributed by atoms with van der Waals surface area (Å²) >= 11 is 0. The van der Waals surface area contributed by atoms with E-state index in [0.717, 1.165) is 0 Å². The first-order valence-corrected chi connectivity index (χ1v) is 7.64. The monoisotopic (exact) mass is 322 g/mol. The SMILES string of the molecule is COC(=O)c1ccc(OS(=O)(=O)c2ccccc2)c(OC)c1. The number of carbonyl (C=O) groups excluding carboxylic acids is 1. The van der Waals surface area contributed by atoms with Gasteiger partial charge in [0, 0.05) is 0 Å². The van der Waals surface area contributed by atoms with Gasteiger partial charge in [-0.1, -0.05) is 18.2 Å². The first-order chi connectivity index (χ1) is 10.5. The molecule has 0 spiro atoms. The zero-order valence-electron chi connectivity index (χ0n) is 12.0. The summed E-state index contributed by atoms with van der Waals surface area (Å²) in [7, 11) is -1.39. The highest BCUT2D eigenvalue weighted by atomic mass is 32.2. The van der Waals surface area contributed by atoms with Gasteiger partial charge in [-0.15, -0.1) is 0 Å². The molecule has 0 saturated carbocycles. The number of rotatable bonds is 5. The Morgan fingerprint density at radius 2 is 1.64 bits per heavy atom. The van der Waals surface area contributed by atoms with E-state index in [-0.39, 0.29) is 22.0 Å². The van der Waals surface area contributed by atoms with Crippen molar-refractivity contribution in [3.8, 4) is 11.5 Å². The number of ether oxygens (including phenoxy) is 2. The zero-order valence-corrected chi connectivity index (χ0v) is 12.8. The van der Waals surface area contributed by atoms with Crippen LogP contribution in [0.2, 0.25) is 0 Å². The van der Waals surface area contributed by atoms with Crippen molar-refractivity contribution in [3.05, 3.63) is 54.1 Å². The number of benzene rings is 2. The van der Waals surface area contributed by atoms with Crippen LogP contribution < -0.4 is 8.92 Å². The van der Waals surface area contributed by atoms with E-state index in [9.17, 15) is 13.2 Å². The molecule has 116 valence electrons. The first kappa shape index (κ1) is 15.8. The number of hydrogen-bond acceptors (Lipinski definition) is 6. The molecule has 22 heavy (non-hydrogen) atoms. The predicted octanol–water partition coefficient (Wildman–Crippen LogP) is 2.25. The van der Waals surface area contributed by atoms with Gasteiger partial charge in [-0.25, -0.2) is 4.79 Å². The van der Waals surface area contributed by atoms with E-state index >= 15 is 0 Å².